The Hall–Kier alpha value is -0.570. The van der Waals surface area contributed by atoms with Gasteiger partial charge in [0, 0.05) is 12.8 Å². The molecular weight excluding hydrogens is 180 g/mol. The molecule has 0 spiro atoms. The average Bonchev–Trinajstić information content (AvgIpc) is 1.95. The zero-order valence-electron chi connectivity index (χ0n) is 6.88. The Kier molecular flexibility index (Phi) is 6.76. The molecule has 0 saturated heterocycles. The van der Waals surface area contributed by atoms with Gasteiger partial charge < -0.3 is 5.11 Å². The van der Waals surface area contributed by atoms with E-state index in [1.54, 1.807) is 0 Å². The summed E-state index contributed by atoms with van der Waals surface area (Å²) in [4.78, 5) is 20.3. The zero-order chi connectivity index (χ0) is 9.40. The highest BCUT2D eigenvalue weighted by Gasteiger charge is 1.98. The van der Waals surface area contributed by atoms with Crippen LogP contribution in [0, 0.1) is 0 Å². The van der Waals surface area contributed by atoms with Gasteiger partial charge in [0.2, 0.25) is 5.24 Å². The molecule has 0 aromatic carbocycles. The predicted molar refractivity (Wildman–Crippen MR) is 46.2 cm³/mol. The molecule has 0 aliphatic carbocycles. The molecule has 0 rings (SSSR count). The molecule has 0 aromatic heterocycles. The lowest BCUT2D eigenvalue weighted by atomic mass is 10.1. The highest BCUT2D eigenvalue weighted by atomic mass is 35.5. The van der Waals surface area contributed by atoms with Gasteiger partial charge in [-0.2, -0.15) is 0 Å². The third kappa shape index (κ3) is 9.43. The molecule has 0 heterocycles. The second-order valence-electron chi connectivity index (χ2n) is 2.66. The van der Waals surface area contributed by atoms with Crippen molar-refractivity contribution in [3.05, 3.63) is 0 Å². The van der Waals surface area contributed by atoms with E-state index in [0.29, 0.717) is 12.8 Å². The Balaban J connectivity index is 3.01. The molecular formula is C8H13ClO3. The van der Waals surface area contributed by atoms with Crippen molar-refractivity contribution in [1.82, 2.24) is 0 Å². The molecule has 0 bridgehead atoms. The van der Waals surface area contributed by atoms with Crippen LogP contribution in [-0.4, -0.2) is 16.3 Å². The molecule has 3 nitrogen and oxygen atoms in total. The molecule has 12 heavy (non-hydrogen) atoms. The molecule has 0 amide bonds. The number of aliphatic carboxylic acids is 1. The molecule has 0 atom stereocenters. The van der Waals surface area contributed by atoms with Crippen molar-refractivity contribution in [2.75, 3.05) is 0 Å². The monoisotopic (exact) mass is 192 g/mol. The molecule has 4 heteroatoms. The van der Waals surface area contributed by atoms with Gasteiger partial charge in [-0.3, -0.25) is 9.59 Å². The van der Waals surface area contributed by atoms with Crippen LogP contribution >= 0.6 is 11.6 Å². The lowest BCUT2D eigenvalue weighted by Crippen LogP contribution is -1.93. The summed E-state index contributed by atoms with van der Waals surface area (Å²) in [5.74, 6) is -0.761. The van der Waals surface area contributed by atoms with Crippen LogP contribution in [-0.2, 0) is 9.59 Å². The van der Waals surface area contributed by atoms with Crippen LogP contribution in [0.15, 0.2) is 0 Å². The third-order valence-corrected chi connectivity index (χ3v) is 1.70. The van der Waals surface area contributed by atoms with Gasteiger partial charge in [-0.05, 0) is 24.4 Å². The number of carbonyl (C=O) groups excluding carboxylic acids is 1. The van der Waals surface area contributed by atoms with Crippen LogP contribution in [0.25, 0.3) is 0 Å². The fourth-order valence-corrected chi connectivity index (χ4v) is 1.03. The molecule has 0 saturated carbocycles. The van der Waals surface area contributed by atoms with Crippen LogP contribution in [0.2, 0.25) is 0 Å². The van der Waals surface area contributed by atoms with E-state index in [-0.39, 0.29) is 11.7 Å². The van der Waals surface area contributed by atoms with Crippen molar-refractivity contribution >= 4 is 22.8 Å². The molecule has 70 valence electrons. The van der Waals surface area contributed by atoms with E-state index in [1.165, 1.54) is 0 Å². The lowest BCUT2D eigenvalue weighted by Gasteiger charge is -1.96. The van der Waals surface area contributed by atoms with E-state index in [2.05, 4.69) is 0 Å². The SMILES string of the molecule is O=C(O)CCCCCCC(=O)Cl. The summed E-state index contributed by atoms with van der Waals surface area (Å²) < 4.78 is 0. The minimum Gasteiger partial charge on any atom is -0.481 e. The quantitative estimate of drug-likeness (QED) is 0.497. The summed E-state index contributed by atoms with van der Waals surface area (Å²) in [6.45, 7) is 0. The van der Waals surface area contributed by atoms with E-state index in [1.807, 2.05) is 0 Å². The van der Waals surface area contributed by atoms with Crippen molar-refractivity contribution in [3.8, 4) is 0 Å². The Morgan fingerprint density at radius 2 is 1.50 bits per heavy atom. The number of carbonyl (C=O) groups is 2. The van der Waals surface area contributed by atoms with Crippen LogP contribution in [0.1, 0.15) is 38.5 Å². The first kappa shape index (κ1) is 11.4. The van der Waals surface area contributed by atoms with Gasteiger partial charge in [0.1, 0.15) is 0 Å². The fraction of sp³-hybridized carbons (Fsp3) is 0.750. The topological polar surface area (TPSA) is 54.4 Å². The van der Waals surface area contributed by atoms with Gasteiger partial charge in [-0.25, -0.2) is 0 Å². The first-order valence-electron chi connectivity index (χ1n) is 4.03. The Labute approximate surface area is 76.7 Å². The summed E-state index contributed by atoms with van der Waals surface area (Å²) >= 11 is 5.11. The summed E-state index contributed by atoms with van der Waals surface area (Å²) in [6, 6.07) is 0. The first-order chi connectivity index (χ1) is 5.63. The molecule has 0 aromatic rings. The smallest absolute Gasteiger partial charge is 0.303 e. The Morgan fingerprint density at radius 1 is 1.00 bits per heavy atom. The minimum absolute atomic E-state index is 0.217. The number of rotatable bonds is 7. The number of hydrogen-bond donors (Lipinski definition) is 1. The van der Waals surface area contributed by atoms with Crippen LogP contribution < -0.4 is 0 Å². The normalized spacial score (nSPS) is 9.75. The number of unbranched alkanes of at least 4 members (excludes halogenated alkanes) is 3. The molecule has 0 unspecified atom stereocenters. The summed E-state index contributed by atoms with van der Waals surface area (Å²) in [6.07, 6.45) is 3.80. The van der Waals surface area contributed by atoms with Crippen LogP contribution in [0.4, 0.5) is 0 Å². The van der Waals surface area contributed by atoms with E-state index in [9.17, 15) is 9.59 Å². The largest absolute Gasteiger partial charge is 0.481 e. The minimum atomic E-state index is -0.761. The second-order valence-corrected chi connectivity index (χ2v) is 3.08. The summed E-state index contributed by atoms with van der Waals surface area (Å²) in [7, 11) is 0. The zero-order valence-corrected chi connectivity index (χ0v) is 7.64. The standard InChI is InChI=1S/C8H13ClO3/c9-7(10)5-3-1-2-4-6-8(11)12/h1-6H2,(H,11,12). The van der Waals surface area contributed by atoms with Gasteiger partial charge >= 0.3 is 5.97 Å². The van der Waals surface area contributed by atoms with Crippen molar-refractivity contribution in [1.29, 1.82) is 0 Å². The highest BCUT2D eigenvalue weighted by Crippen LogP contribution is 2.06. The maximum atomic E-state index is 10.3. The van der Waals surface area contributed by atoms with Gasteiger partial charge in [-0.15, -0.1) is 0 Å². The first-order valence-corrected chi connectivity index (χ1v) is 4.41. The molecule has 0 fully saturated rings. The van der Waals surface area contributed by atoms with E-state index < -0.39 is 5.97 Å². The Morgan fingerprint density at radius 3 is 1.92 bits per heavy atom. The maximum Gasteiger partial charge on any atom is 0.303 e. The van der Waals surface area contributed by atoms with Crippen molar-refractivity contribution in [3.63, 3.8) is 0 Å². The van der Waals surface area contributed by atoms with Crippen molar-refractivity contribution in [2.24, 2.45) is 0 Å². The van der Waals surface area contributed by atoms with Crippen LogP contribution in [0.3, 0.4) is 0 Å². The van der Waals surface area contributed by atoms with Gasteiger partial charge in [-0.1, -0.05) is 12.8 Å². The summed E-state index contributed by atoms with van der Waals surface area (Å²) in [5, 5.41) is 7.97. The average molecular weight is 193 g/mol. The van der Waals surface area contributed by atoms with Gasteiger partial charge in [0.05, 0.1) is 0 Å². The van der Waals surface area contributed by atoms with Crippen LogP contribution in [0.5, 0.6) is 0 Å². The number of halogens is 1. The fourth-order valence-electron chi connectivity index (χ4n) is 0.894. The molecule has 0 radical (unpaired) electrons. The number of carboxylic acids is 1. The van der Waals surface area contributed by atoms with E-state index in [0.717, 1.165) is 19.3 Å². The highest BCUT2D eigenvalue weighted by molar-refractivity contribution is 6.63. The van der Waals surface area contributed by atoms with Gasteiger partial charge in [0.15, 0.2) is 0 Å². The van der Waals surface area contributed by atoms with E-state index >= 15 is 0 Å². The van der Waals surface area contributed by atoms with Gasteiger partial charge in [0.25, 0.3) is 0 Å². The number of carboxylic acid groups (broad SMARTS) is 1. The molecule has 1 N–H and O–H groups in total. The van der Waals surface area contributed by atoms with Crippen molar-refractivity contribution in [2.45, 2.75) is 38.5 Å². The lowest BCUT2D eigenvalue weighted by molar-refractivity contribution is -0.137. The molecule has 0 aliphatic heterocycles. The van der Waals surface area contributed by atoms with Crippen molar-refractivity contribution < 1.29 is 14.7 Å². The molecule has 0 aliphatic rings. The predicted octanol–water partition coefficient (Wildman–Crippen LogP) is 2.18. The van der Waals surface area contributed by atoms with E-state index in [4.69, 9.17) is 16.7 Å². The summed E-state index contributed by atoms with van der Waals surface area (Å²) in [5.41, 5.74) is 0. The second kappa shape index (κ2) is 7.10. The third-order valence-electron chi connectivity index (χ3n) is 1.51. The Bertz CT molecular complexity index is 138. The number of hydrogen-bond acceptors (Lipinski definition) is 2. The maximum absolute atomic E-state index is 10.3.